The molecule has 17 heavy (non-hydrogen) atoms. The molecule has 2 N–H and O–H groups in total. The molecule has 1 atom stereocenters. The van der Waals surface area contributed by atoms with Crippen LogP contribution in [0.15, 0.2) is 41.0 Å². The number of nitrogens with one attached hydrogen (secondary N) is 1. The number of anilines is 1. The molecule has 2 aromatic rings. The van der Waals surface area contributed by atoms with Crippen molar-refractivity contribution in [3.63, 3.8) is 0 Å². The molecule has 0 amide bonds. The molecule has 3 nitrogen and oxygen atoms in total. The van der Waals surface area contributed by atoms with Gasteiger partial charge in [-0.05, 0) is 24.3 Å². The van der Waals surface area contributed by atoms with Crippen molar-refractivity contribution in [3.8, 4) is 0 Å². The topological polar surface area (TPSA) is 45.4 Å². The molecule has 0 spiro atoms. The maximum atomic E-state index is 13.4. The predicted molar refractivity (Wildman–Crippen MR) is 63.6 cm³/mol. The van der Waals surface area contributed by atoms with Crippen molar-refractivity contribution >= 4 is 17.3 Å². The largest absolute Gasteiger partial charge is 0.467 e. The fourth-order valence-electron chi connectivity index (χ4n) is 1.45. The molecule has 0 saturated carbocycles. The van der Waals surface area contributed by atoms with Crippen LogP contribution in [-0.4, -0.2) is 11.7 Å². The van der Waals surface area contributed by atoms with Gasteiger partial charge in [-0.3, -0.25) is 0 Å². The Kier molecular flexibility index (Phi) is 3.66. The number of hydrogen-bond acceptors (Lipinski definition) is 3. The van der Waals surface area contributed by atoms with Crippen molar-refractivity contribution in [1.82, 2.24) is 0 Å². The summed E-state index contributed by atoms with van der Waals surface area (Å²) in [7, 11) is 0. The van der Waals surface area contributed by atoms with Crippen LogP contribution < -0.4 is 5.32 Å². The fraction of sp³-hybridized carbons (Fsp3) is 0.167. The van der Waals surface area contributed by atoms with E-state index >= 15 is 0 Å². The summed E-state index contributed by atoms with van der Waals surface area (Å²) in [5.41, 5.74) is 0.180. The van der Waals surface area contributed by atoms with Crippen molar-refractivity contribution in [2.75, 3.05) is 11.9 Å². The first-order valence-electron chi connectivity index (χ1n) is 5.08. The van der Waals surface area contributed by atoms with Gasteiger partial charge in [-0.25, -0.2) is 4.39 Å². The highest BCUT2D eigenvalue weighted by atomic mass is 35.5. The molecule has 2 rings (SSSR count). The first-order valence-corrected chi connectivity index (χ1v) is 5.45. The molecule has 0 bridgehead atoms. The number of rotatable bonds is 4. The minimum Gasteiger partial charge on any atom is -0.467 e. The van der Waals surface area contributed by atoms with Crippen LogP contribution in [0.25, 0.3) is 0 Å². The third-order valence-corrected chi connectivity index (χ3v) is 2.62. The molecule has 1 heterocycles. The first kappa shape index (κ1) is 12.0. The summed E-state index contributed by atoms with van der Waals surface area (Å²) in [5.74, 6) is -0.0332. The Bertz CT molecular complexity index is 467. The summed E-state index contributed by atoms with van der Waals surface area (Å²) in [5, 5.41) is 12.8. The second-order valence-corrected chi connectivity index (χ2v) is 3.92. The zero-order valence-electron chi connectivity index (χ0n) is 8.86. The summed E-state index contributed by atoms with van der Waals surface area (Å²) in [6.07, 6.45) is 0.620. The standard InChI is InChI=1S/C12H11ClFNO2/c13-8-3-1-4-9(14)12(8)15-7-10(16)11-5-2-6-17-11/h1-6,10,15-16H,7H2. The van der Waals surface area contributed by atoms with Crippen LogP contribution in [0.1, 0.15) is 11.9 Å². The lowest BCUT2D eigenvalue weighted by Crippen LogP contribution is -2.12. The number of halogens is 2. The second kappa shape index (κ2) is 5.21. The highest BCUT2D eigenvalue weighted by Crippen LogP contribution is 2.25. The van der Waals surface area contributed by atoms with Crippen molar-refractivity contribution in [1.29, 1.82) is 0 Å². The first-order chi connectivity index (χ1) is 8.18. The van der Waals surface area contributed by atoms with E-state index < -0.39 is 11.9 Å². The molecule has 0 radical (unpaired) electrons. The summed E-state index contributed by atoms with van der Waals surface area (Å²) in [4.78, 5) is 0. The van der Waals surface area contributed by atoms with E-state index in [-0.39, 0.29) is 17.3 Å². The van der Waals surface area contributed by atoms with Gasteiger partial charge in [-0.1, -0.05) is 17.7 Å². The quantitative estimate of drug-likeness (QED) is 0.882. The number of hydrogen-bond donors (Lipinski definition) is 2. The van der Waals surface area contributed by atoms with Crippen LogP contribution >= 0.6 is 11.6 Å². The normalized spacial score (nSPS) is 12.4. The smallest absolute Gasteiger partial charge is 0.147 e. The molecule has 1 unspecified atom stereocenters. The van der Waals surface area contributed by atoms with E-state index in [1.807, 2.05) is 0 Å². The van der Waals surface area contributed by atoms with E-state index in [9.17, 15) is 9.50 Å². The number of para-hydroxylation sites is 1. The van der Waals surface area contributed by atoms with Gasteiger partial charge < -0.3 is 14.8 Å². The lowest BCUT2D eigenvalue weighted by molar-refractivity contribution is 0.162. The molecule has 0 aliphatic rings. The minimum atomic E-state index is -0.847. The van der Waals surface area contributed by atoms with Gasteiger partial charge in [0.1, 0.15) is 17.7 Å². The summed E-state index contributed by atoms with van der Waals surface area (Å²) >= 11 is 5.83. The molecule has 90 valence electrons. The van der Waals surface area contributed by atoms with Crippen molar-refractivity contribution < 1.29 is 13.9 Å². The van der Waals surface area contributed by atoms with Gasteiger partial charge in [0.15, 0.2) is 0 Å². The molecule has 5 heteroatoms. The van der Waals surface area contributed by atoms with E-state index in [4.69, 9.17) is 16.0 Å². The summed E-state index contributed by atoms with van der Waals surface area (Å²) in [6, 6.07) is 7.72. The van der Waals surface area contributed by atoms with Gasteiger partial charge in [0.05, 0.1) is 17.0 Å². The molecule has 0 fully saturated rings. The van der Waals surface area contributed by atoms with Crippen LogP contribution in [0.5, 0.6) is 0 Å². The molecule has 1 aromatic heterocycles. The third-order valence-electron chi connectivity index (χ3n) is 2.31. The van der Waals surface area contributed by atoms with Gasteiger partial charge in [-0.15, -0.1) is 0 Å². The van der Waals surface area contributed by atoms with Crippen molar-refractivity contribution in [2.45, 2.75) is 6.10 Å². The van der Waals surface area contributed by atoms with Gasteiger partial charge in [0, 0.05) is 6.54 Å². The third kappa shape index (κ3) is 2.78. The van der Waals surface area contributed by atoms with Gasteiger partial charge >= 0.3 is 0 Å². The van der Waals surface area contributed by atoms with E-state index in [2.05, 4.69) is 5.32 Å². The average molecular weight is 256 g/mol. The van der Waals surface area contributed by atoms with Gasteiger partial charge in [-0.2, -0.15) is 0 Å². The Balaban J connectivity index is 2.03. The highest BCUT2D eigenvalue weighted by molar-refractivity contribution is 6.33. The van der Waals surface area contributed by atoms with Crippen LogP contribution in [0.2, 0.25) is 5.02 Å². The molecular formula is C12H11ClFNO2. The van der Waals surface area contributed by atoms with Crippen molar-refractivity contribution in [2.24, 2.45) is 0 Å². The van der Waals surface area contributed by atoms with Crippen LogP contribution in [0.4, 0.5) is 10.1 Å². The predicted octanol–water partition coefficient (Wildman–Crippen LogP) is 3.22. The van der Waals surface area contributed by atoms with Crippen molar-refractivity contribution in [3.05, 3.63) is 53.2 Å². The van der Waals surface area contributed by atoms with Gasteiger partial charge in [0.2, 0.25) is 0 Å². The maximum absolute atomic E-state index is 13.4. The van der Waals surface area contributed by atoms with E-state index in [0.717, 1.165) is 0 Å². The Morgan fingerprint density at radius 1 is 1.35 bits per heavy atom. The lowest BCUT2D eigenvalue weighted by Gasteiger charge is -2.12. The van der Waals surface area contributed by atoms with E-state index in [1.54, 1.807) is 18.2 Å². The van der Waals surface area contributed by atoms with Crippen LogP contribution in [-0.2, 0) is 0 Å². The SMILES string of the molecule is OC(CNc1c(F)cccc1Cl)c1ccco1. The Morgan fingerprint density at radius 2 is 2.18 bits per heavy atom. The highest BCUT2D eigenvalue weighted by Gasteiger charge is 2.12. The Morgan fingerprint density at radius 3 is 2.82 bits per heavy atom. The monoisotopic (exact) mass is 255 g/mol. The lowest BCUT2D eigenvalue weighted by atomic mass is 10.2. The second-order valence-electron chi connectivity index (χ2n) is 3.51. The molecular weight excluding hydrogens is 245 g/mol. The minimum absolute atomic E-state index is 0.119. The number of aliphatic hydroxyl groups excluding tert-OH is 1. The van der Waals surface area contributed by atoms with Crippen LogP contribution in [0, 0.1) is 5.82 Å². The zero-order valence-corrected chi connectivity index (χ0v) is 9.62. The number of benzene rings is 1. The summed E-state index contributed by atoms with van der Waals surface area (Å²) < 4.78 is 18.4. The zero-order chi connectivity index (χ0) is 12.3. The average Bonchev–Trinajstić information content (AvgIpc) is 2.81. The maximum Gasteiger partial charge on any atom is 0.147 e. The molecule has 0 aliphatic heterocycles. The fourth-order valence-corrected chi connectivity index (χ4v) is 1.68. The van der Waals surface area contributed by atoms with Gasteiger partial charge in [0.25, 0.3) is 0 Å². The molecule has 0 aliphatic carbocycles. The molecule has 0 saturated heterocycles. The van der Waals surface area contributed by atoms with E-state index in [0.29, 0.717) is 5.76 Å². The summed E-state index contributed by atoms with van der Waals surface area (Å²) in [6.45, 7) is 0.119. The number of furan rings is 1. The van der Waals surface area contributed by atoms with E-state index in [1.165, 1.54) is 18.4 Å². The Hall–Kier alpha value is -1.52. The molecule has 1 aromatic carbocycles. The van der Waals surface area contributed by atoms with Crippen LogP contribution in [0.3, 0.4) is 0 Å². The number of aliphatic hydroxyl groups is 1. The Labute approximate surface area is 103 Å².